The Morgan fingerprint density at radius 3 is 2.26 bits per heavy atom. The first-order valence-corrected chi connectivity index (χ1v) is 13.0. The fraction of sp³-hybridized carbons (Fsp3) is 0.467. The van der Waals surface area contributed by atoms with Crippen molar-refractivity contribution in [2.75, 3.05) is 19.6 Å². The number of aliphatic carboxylic acids is 1. The van der Waals surface area contributed by atoms with Gasteiger partial charge in [0.1, 0.15) is 11.3 Å². The number of pyridine rings is 1. The van der Waals surface area contributed by atoms with E-state index in [4.69, 9.17) is 9.40 Å². The molecule has 0 radical (unpaired) electrons. The number of fused-ring (bicyclic) bond motifs is 1. The topological polar surface area (TPSA) is 104 Å². The number of hydrogen-bond acceptors (Lipinski definition) is 5. The van der Waals surface area contributed by atoms with Gasteiger partial charge in [0.05, 0.1) is 16.6 Å². The lowest BCUT2D eigenvalue weighted by Gasteiger charge is -2.47. The molecule has 9 heteroatoms. The van der Waals surface area contributed by atoms with E-state index in [1.165, 1.54) is 26.0 Å². The van der Waals surface area contributed by atoms with Crippen LogP contribution in [0.2, 0.25) is 0 Å². The van der Waals surface area contributed by atoms with E-state index in [0.29, 0.717) is 23.3 Å². The van der Waals surface area contributed by atoms with Crippen LogP contribution in [-0.4, -0.2) is 62.8 Å². The molecule has 1 saturated heterocycles. The number of amides is 2. The molecule has 1 aliphatic heterocycles. The Labute approximate surface area is 227 Å². The van der Waals surface area contributed by atoms with E-state index in [1.807, 2.05) is 40.7 Å². The predicted molar refractivity (Wildman–Crippen MR) is 146 cm³/mol. The number of nitrogens with zero attached hydrogens (tertiary/aromatic N) is 3. The molecule has 0 unspecified atom stereocenters. The third kappa shape index (κ3) is 5.67. The van der Waals surface area contributed by atoms with E-state index >= 15 is 0 Å². The zero-order valence-corrected chi connectivity index (χ0v) is 23.6. The normalized spacial score (nSPS) is 16.0. The van der Waals surface area contributed by atoms with Crippen LogP contribution in [0.1, 0.15) is 71.0 Å². The molecule has 2 amide bonds. The number of aromatic nitrogens is 1. The maximum Gasteiger partial charge on any atom is 0.309 e. The number of carbonyl (C=O) groups excluding carboxylic acids is 2. The molecule has 0 aliphatic carbocycles. The Kier molecular flexibility index (Phi) is 7.08. The van der Waals surface area contributed by atoms with Gasteiger partial charge in [0.25, 0.3) is 5.91 Å². The minimum Gasteiger partial charge on any atom is -0.481 e. The molecule has 3 heterocycles. The lowest BCUT2D eigenvalue weighted by atomic mass is 9.86. The third-order valence-electron chi connectivity index (χ3n) is 7.31. The molecule has 2 aromatic heterocycles. The quantitative estimate of drug-likeness (QED) is 0.461. The number of carboxylic acids is 1. The minimum atomic E-state index is -1.17. The molecule has 0 spiro atoms. The molecular formula is C30H36FN3O5. The Hall–Kier alpha value is -3.75. The Morgan fingerprint density at radius 2 is 1.69 bits per heavy atom. The molecule has 1 aliphatic rings. The first kappa shape index (κ1) is 28.3. The van der Waals surface area contributed by atoms with E-state index in [9.17, 15) is 23.9 Å². The standard InChI is InChI=1S/C30H36FN3O5/c1-28(2,3)20-14-21(18-8-10-19(31)11-9-18)32-22-15-23(39-25(20)22)26(36)34-13-12-33(17-30(34,6)7)24(35)16-29(4,5)27(37)38/h8-11,14-15H,12-13,16-17H2,1-7H3,(H,37,38). The number of furan rings is 1. The zero-order valence-electron chi connectivity index (χ0n) is 23.6. The lowest BCUT2D eigenvalue weighted by molar-refractivity contribution is -0.152. The minimum absolute atomic E-state index is 0.117. The number of benzene rings is 1. The van der Waals surface area contributed by atoms with Gasteiger partial charge < -0.3 is 19.3 Å². The van der Waals surface area contributed by atoms with Crippen LogP contribution in [0.3, 0.4) is 0 Å². The van der Waals surface area contributed by atoms with Crippen molar-refractivity contribution in [3.05, 3.63) is 53.5 Å². The molecule has 208 valence electrons. The molecule has 0 bridgehead atoms. The number of carboxylic acid groups (broad SMARTS) is 1. The van der Waals surface area contributed by atoms with Gasteiger partial charge >= 0.3 is 5.97 Å². The van der Waals surface area contributed by atoms with E-state index in [2.05, 4.69) is 0 Å². The van der Waals surface area contributed by atoms with Crippen molar-refractivity contribution in [1.82, 2.24) is 14.8 Å². The van der Waals surface area contributed by atoms with Gasteiger partial charge in [-0.2, -0.15) is 0 Å². The molecule has 3 aromatic rings. The summed E-state index contributed by atoms with van der Waals surface area (Å²) in [5.41, 5.74) is 1.15. The Morgan fingerprint density at radius 1 is 1.05 bits per heavy atom. The van der Waals surface area contributed by atoms with Crippen molar-refractivity contribution < 1.29 is 28.3 Å². The molecule has 39 heavy (non-hydrogen) atoms. The van der Waals surface area contributed by atoms with Crippen LogP contribution in [-0.2, 0) is 15.0 Å². The predicted octanol–water partition coefficient (Wildman–Crippen LogP) is 5.50. The van der Waals surface area contributed by atoms with Crippen LogP contribution >= 0.6 is 0 Å². The monoisotopic (exact) mass is 537 g/mol. The molecule has 8 nitrogen and oxygen atoms in total. The van der Waals surface area contributed by atoms with Gasteiger partial charge in [0, 0.05) is 43.2 Å². The van der Waals surface area contributed by atoms with Crippen LogP contribution in [0.25, 0.3) is 22.4 Å². The van der Waals surface area contributed by atoms with Crippen molar-refractivity contribution >= 4 is 28.9 Å². The molecular weight excluding hydrogens is 501 g/mol. The highest BCUT2D eigenvalue weighted by Gasteiger charge is 2.41. The summed E-state index contributed by atoms with van der Waals surface area (Å²) in [6, 6.07) is 9.67. The van der Waals surface area contributed by atoms with Gasteiger partial charge in [-0.05, 0) is 63.4 Å². The van der Waals surface area contributed by atoms with Crippen LogP contribution < -0.4 is 0 Å². The molecule has 4 rings (SSSR count). The SMILES string of the molecule is CC(C)(CC(=O)N1CCN(C(=O)c2cc3nc(-c4ccc(F)cc4)cc(C(C)(C)C)c3o2)C(C)(C)C1)C(=O)O. The number of hydrogen-bond donors (Lipinski definition) is 1. The third-order valence-corrected chi connectivity index (χ3v) is 7.31. The number of rotatable bonds is 5. The smallest absolute Gasteiger partial charge is 0.309 e. The highest BCUT2D eigenvalue weighted by molar-refractivity contribution is 5.97. The fourth-order valence-corrected chi connectivity index (χ4v) is 4.90. The van der Waals surface area contributed by atoms with E-state index in [0.717, 1.165) is 11.1 Å². The highest BCUT2D eigenvalue weighted by atomic mass is 19.1. The van der Waals surface area contributed by atoms with Crippen molar-refractivity contribution in [1.29, 1.82) is 0 Å². The summed E-state index contributed by atoms with van der Waals surface area (Å²) >= 11 is 0. The van der Waals surface area contributed by atoms with E-state index in [-0.39, 0.29) is 48.3 Å². The van der Waals surface area contributed by atoms with Gasteiger partial charge in [0.2, 0.25) is 5.91 Å². The van der Waals surface area contributed by atoms with Crippen molar-refractivity contribution in [3.63, 3.8) is 0 Å². The summed E-state index contributed by atoms with van der Waals surface area (Å²) in [6.45, 7) is 13.8. The second kappa shape index (κ2) is 9.77. The number of halogens is 1. The Bertz CT molecular complexity index is 1430. The van der Waals surface area contributed by atoms with Crippen molar-refractivity contribution in [2.24, 2.45) is 5.41 Å². The number of piperazine rings is 1. The summed E-state index contributed by atoms with van der Waals surface area (Å²) in [5, 5.41) is 9.40. The first-order chi connectivity index (χ1) is 18.0. The zero-order chi connectivity index (χ0) is 28.9. The lowest BCUT2D eigenvalue weighted by Crippen LogP contribution is -2.62. The molecule has 1 N–H and O–H groups in total. The Balaban J connectivity index is 1.63. The maximum absolute atomic E-state index is 13.7. The summed E-state index contributed by atoms with van der Waals surface area (Å²) in [4.78, 5) is 46.1. The van der Waals surface area contributed by atoms with E-state index in [1.54, 1.807) is 28.0 Å². The average molecular weight is 538 g/mol. The molecule has 1 aromatic carbocycles. The first-order valence-electron chi connectivity index (χ1n) is 13.0. The van der Waals surface area contributed by atoms with Gasteiger partial charge in [0.15, 0.2) is 11.3 Å². The van der Waals surface area contributed by atoms with Crippen LogP contribution in [0.15, 0.2) is 40.8 Å². The molecule has 1 fully saturated rings. The van der Waals surface area contributed by atoms with Gasteiger partial charge in [-0.3, -0.25) is 14.4 Å². The summed E-state index contributed by atoms with van der Waals surface area (Å²) in [6.07, 6.45) is -0.117. The largest absolute Gasteiger partial charge is 0.481 e. The molecule has 0 saturated carbocycles. The van der Waals surface area contributed by atoms with Crippen molar-refractivity contribution in [3.8, 4) is 11.3 Å². The highest BCUT2D eigenvalue weighted by Crippen LogP contribution is 2.36. The van der Waals surface area contributed by atoms with Crippen molar-refractivity contribution in [2.45, 2.75) is 65.8 Å². The summed E-state index contributed by atoms with van der Waals surface area (Å²) < 4.78 is 19.7. The second-order valence-corrected chi connectivity index (χ2v) is 12.6. The van der Waals surface area contributed by atoms with Crippen LogP contribution in [0.4, 0.5) is 4.39 Å². The average Bonchev–Trinajstić information content (AvgIpc) is 3.26. The van der Waals surface area contributed by atoms with Crippen LogP contribution in [0, 0.1) is 11.2 Å². The summed E-state index contributed by atoms with van der Waals surface area (Å²) in [7, 11) is 0. The van der Waals surface area contributed by atoms with Crippen LogP contribution in [0.5, 0.6) is 0 Å². The van der Waals surface area contributed by atoms with Gasteiger partial charge in [-0.25, -0.2) is 9.37 Å². The maximum atomic E-state index is 13.7. The van der Waals surface area contributed by atoms with E-state index < -0.39 is 16.9 Å². The second-order valence-electron chi connectivity index (χ2n) is 12.6. The fourth-order valence-electron chi connectivity index (χ4n) is 4.90. The number of carbonyl (C=O) groups is 3. The molecule has 0 atom stereocenters. The van der Waals surface area contributed by atoms with Gasteiger partial charge in [-0.1, -0.05) is 20.8 Å². The summed E-state index contributed by atoms with van der Waals surface area (Å²) in [5.74, 6) is -1.77. The van der Waals surface area contributed by atoms with Gasteiger partial charge in [-0.15, -0.1) is 0 Å².